The second-order valence-electron chi connectivity index (χ2n) is 2.62. The fraction of sp³-hybridized carbons (Fsp3) is 0.333. The molecule has 0 N–H and O–H groups in total. The predicted molar refractivity (Wildman–Crippen MR) is 56.1 cm³/mol. The van der Waals surface area contributed by atoms with Crippen LogP contribution in [0.2, 0.25) is 0 Å². The van der Waals surface area contributed by atoms with Crippen molar-refractivity contribution in [3.63, 3.8) is 0 Å². The topological polar surface area (TPSA) is 94.6 Å². The minimum Gasteiger partial charge on any atom is -0.745 e. The number of halogens is 2. The second-order valence-corrected chi connectivity index (χ2v) is 6.60. The van der Waals surface area contributed by atoms with Crippen molar-refractivity contribution >= 4 is 53.8 Å². The zero-order chi connectivity index (χ0) is 11.9. The summed E-state index contributed by atoms with van der Waals surface area (Å²) in [6.45, 7) is 0. The van der Waals surface area contributed by atoms with Crippen molar-refractivity contribution in [1.29, 1.82) is 0 Å². The molecule has 1 rings (SSSR count). The van der Waals surface area contributed by atoms with Crippen LogP contribution in [0.3, 0.4) is 0 Å². The monoisotopic (exact) mass is 383 g/mol. The quantitative estimate of drug-likeness (QED) is 0.169. The van der Waals surface area contributed by atoms with Gasteiger partial charge in [-0.1, -0.05) is 15.9 Å². The molecule has 1 heterocycles. The SMILES string of the molecule is O=C1C=CC(=O)N1C(Br)(CBr)S(=O)(=O)[O-].[Na+]. The molecule has 0 radical (unpaired) electrons. The third-order valence-electron chi connectivity index (χ3n) is 1.69. The van der Waals surface area contributed by atoms with Crippen LogP contribution >= 0.6 is 31.9 Å². The van der Waals surface area contributed by atoms with E-state index < -0.39 is 31.0 Å². The van der Waals surface area contributed by atoms with Crippen LogP contribution in [0, 0.1) is 0 Å². The van der Waals surface area contributed by atoms with Crippen molar-refractivity contribution in [2.45, 2.75) is 3.78 Å². The Hall–Kier alpha value is 0.750. The van der Waals surface area contributed by atoms with Crippen LogP contribution in [0.25, 0.3) is 0 Å². The number of hydrogen-bond donors (Lipinski definition) is 0. The molecule has 16 heavy (non-hydrogen) atoms. The van der Waals surface area contributed by atoms with Gasteiger partial charge in [0.25, 0.3) is 11.8 Å². The van der Waals surface area contributed by atoms with Gasteiger partial charge in [0.2, 0.25) is 3.78 Å². The summed E-state index contributed by atoms with van der Waals surface area (Å²) in [6.07, 6.45) is 1.79. The van der Waals surface area contributed by atoms with E-state index in [1.807, 2.05) is 0 Å². The fourth-order valence-corrected chi connectivity index (χ4v) is 2.95. The van der Waals surface area contributed by atoms with Crippen molar-refractivity contribution in [2.24, 2.45) is 0 Å². The van der Waals surface area contributed by atoms with E-state index in [1.165, 1.54) is 0 Å². The first-order valence-corrected chi connectivity index (χ1v) is 6.83. The number of alkyl halides is 2. The zero-order valence-corrected chi connectivity index (χ0v) is 14.0. The normalized spacial score (nSPS) is 19.6. The molecule has 0 aromatic rings. The van der Waals surface area contributed by atoms with Gasteiger partial charge in [-0.25, -0.2) is 13.3 Å². The molecule has 1 unspecified atom stereocenters. The number of hydrogen-bond acceptors (Lipinski definition) is 5. The Balaban J connectivity index is 0.00000225. The Morgan fingerprint density at radius 3 is 1.94 bits per heavy atom. The van der Waals surface area contributed by atoms with Gasteiger partial charge in [-0.3, -0.25) is 9.59 Å². The van der Waals surface area contributed by atoms with E-state index in [1.54, 1.807) is 0 Å². The first-order chi connectivity index (χ1) is 6.74. The van der Waals surface area contributed by atoms with E-state index in [4.69, 9.17) is 0 Å². The van der Waals surface area contributed by atoms with E-state index in [-0.39, 0.29) is 29.6 Å². The molecule has 1 atom stereocenters. The van der Waals surface area contributed by atoms with E-state index in [9.17, 15) is 22.6 Å². The molecular weight excluding hydrogens is 381 g/mol. The third kappa shape index (κ3) is 2.77. The molecule has 10 heteroatoms. The molecule has 0 aliphatic carbocycles. The average molecular weight is 385 g/mol. The van der Waals surface area contributed by atoms with Gasteiger partial charge >= 0.3 is 29.6 Å². The first kappa shape index (κ1) is 16.8. The molecular formula is C6H4Br2NNaO5S. The summed E-state index contributed by atoms with van der Waals surface area (Å²) in [7, 11) is -4.90. The van der Waals surface area contributed by atoms with E-state index in [0.717, 1.165) is 12.2 Å². The van der Waals surface area contributed by atoms with Crippen molar-refractivity contribution in [2.75, 3.05) is 5.33 Å². The number of carbonyl (C=O) groups excluding carboxylic acids is 2. The summed E-state index contributed by atoms with van der Waals surface area (Å²) >= 11 is 5.38. The summed E-state index contributed by atoms with van der Waals surface area (Å²) in [5.41, 5.74) is 0. The van der Waals surface area contributed by atoms with Gasteiger partial charge in [0.15, 0.2) is 0 Å². The summed E-state index contributed by atoms with van der Waals surface area (Å²) in [5.74, 6) is -1.70. The Morgan fingerprint density at radius 2 is 1.69 bits per heavy atom. The molecule has 0 saturated heterocycles. The van der Waals surface area contributed by atoms with Crippen LogP contribution in [-0.4, -0.2) is 38.8 Å². The molecule has 1 aliphatic rings. The minimum atomic E-state index is -4.90. The number of imide groups is 1. The van der Waals surface area contributed by atoms with Gasteiger partial charge in [-0.05, 0) is 15.9 Å². The van der Waals surface area contributed by atoms with Crippen LogP contribution in [-0.2, 0) is 19.7 Å². The van der Waals surface area contributed by atoms with Gasteiger partial charge in [-0.2, -0.15) is 0 Å². The van der Waals surface area contributed by atoms with Crippen LogP contribution in [0.15, 0.2) is 12.2 Å². The molecule has 0 fully saturated rings. The van der Waals surface area contributed by atoms with E-state index in [2.05, 4.69) is 31.9 Å². The van der Waals surface area contributed by atoms with Gasteiger partial charge in [0, 0.05) is 12.2 Å². The Bertz CT molecular complexity index is 432. The number of amides is 2. The standard InChI is InChI=1S/C6H5Br2NO5S.Na/c7-3-6(8,15(12,13)14)9-4(10)1-2-5(9)11;/h1-2H,3H2,(H,12,13,14);/q;+1/p-1. The van der Waals surface area contributed by atoms with Crippen molar-refractivity contribution in [1.82, 2.24) is 4.90 Å². The number of carbonyl (C=O) groups is 2. The number of nitrogens with zero attached hydrogens (tertiary/aromatic N) is 1. The Labute approximate surface area is 131 Å². The van der Waals surface area contributed by atoms with Crippen LogP contribution < -0.4 is 29.6 Å². The van der Waals surface area contributed by atoms with Crippen molar-refractivity contribution in [3.8, 4) is 0 Å². The minimum absolute atomic E-state index is 0. The molecule has 0 aromatic heterocycles. The maximum atomic E-state index is 11.2. The smallest absolute Gasteiger partial charge is 0.745 e. The van der Waals surface area contributed by atoms with Gasteiger partial charge in [-0.15, -0.1) is 0 Å². The van der Waals surface area contributed by atoms with E-state index in [0.29, 0.717) is 4.90 Å². The summed E-state index contributed by atoms with van der Waals surface area (Å²) in [6, 6.07) is 0. The fourth-order valence-electron chi connectivity index (χ4n) is 0.968. The number of rotatable bonds is 3. The average Bonchev–Trinajstić information content (AvgIpc) is 2.43. The predicted octanol–water partition coefficient (Wildman–Crippen LogP) is -3.10. The molecule has 84 valence electrons. The van der Waals surface area contributed by atoms with Gasteiger partial charge < -0.3 is 4.55 Å². The van der Waals surface area contributed by atoms with Gasteiger partial charge in [0.05, 0.1) is 5.33 Å². The third-order valence-corrected chi connectivity index (χ3v) is 6.54. The van der Waals surface area contributed by atoms with E-state index >= 15 is 0 Å². The molecule has 1 aliphatic heterocycles. The van der Waals surface area contributed by atoms with Crippen LogP contribution in [0.4, 0.5) is 0 Å². The molecule has 6 nitrogen and oxygen atoms in total. The molecule has 2 amide bonds. The van der Waals surface area contributed by atoms with Crippen LogP contribution in [0.1, 0.15) is 0 Å². The summed E-state index contributed by atoms with van der Waals surface area (Å²) < 4.78 is 30.6. The Morgan fingerprint density at radius 1 is 1.31 bits per heavy atom. The Kier molecular flexibility index (Phi) is 5.86. The molecule has 0 spiro atoms. The zero-order valence-electron chi connectivity index (χ0n) is 8.01. The molecule has 0 aromatic carbocycles. The second kappa shape index (κ2) is 5.59. The van der Waals surface area contributed by atoms with Crippen molar-refractivity contribution < 1.29 is 52.1 Å². The summed E-state index contributed by atoms with van der Waals surface area (Å²) in [5, 5.41) is -0.412. The molecule has 0 saturated carbocycles. The maximum Gasteiger partial charge on any atom is 1.00 e. The largest absolute Gasteiger partial charge is 1.00 e. The van der Waals surface area contributed by atoms with Crippen LogP contribution in [0.5, 0.6) is 0 Å². The summed E-state index contributed by atoms with van der Waals surface area (Å²) in [4.78, 5) is 22.8. The van der Waals surface area contributed by atoms with Crippen molar-refractivity contribution in [3.05, 3.63) is 12.2 Å². The van der Waals surface area contributed by atoms with Gasteiger partial charge in [0.1, 0.15) is 10.1 Å². The maximum absolute atomic E-state index is 11.2. The molecule has 0 bridgehead atoms. The first-order valence-electron chi connectivity index (χ1n) is 3.50.